The first-order chi connectivity index (χ1) is 9.83. The normalized spacial score (nSPS) is 10.8. The number of rotatable bonds is 4. The molecule has 0 aliphatic heterocycles. The maximum absolute atomic E-state index is 4.41. The van der Waals surface area contributed by atoms with Crippen molar-refractivity contribution in [3.8, 4) is 0 Å². The lowest BCUT2D eigenvalue weighted by atomic mass is 10.0. The standard InChI is InChI=1S/C19H19N/c1-15-12-13-20-19-11-10-17(14-18(15)19)9-5-8-16-6-3-2-4-7-16/h2-4,6-7,10-14H,5,8-9H2,1H3. The highest BCUT2D eigenvalue weighted by molar-refractivity contribution is 5.82. The Labute approximate surface area is 120 Å². The molecule has 0 spiro atoms. The van der Waals surface area contributed by atoms with Crippen LogP contribution in [0.1, 0.15) is 23.1 Å². The summed E-state index contributed by atoms with van der Waals surface area (Å²) in [6.45, 7) is 2.15. The van der Waals surface area contributed by atoms with Crippen LogP contribution in [0.25, 0.3) is 10.9 Å². The average molecular weight is 261 g/mol. The molecule has 0 atom stereocenters. The molecule has 0 unspecified atom stereocenters. The molecule has 3 aromatic rings. The fraction of sp³-hybridized carbons (Fsp3) is 0.211. The van der Waals surface area contributed by atoms with Gasteiger partial charge >= 0.3 is 0 Å². The molecular formula is C19H19N. The van der Waals surface area contributed by atoms with E-state index in [9.17, 15) is 0 Å². The largest absolute Gasteiger partial charge is 0.256 e. The predicted molar refractivity (Wildman–Crippen MR) is 84.9 cm³/mol. The molecule has 0 amide bonds. The van der Waals surface area contributed by atoms with Gasteiger partial charge in [-0.3, -0.25) is 4.98 Å². The maximum atomic E-state index is 4.41. The molecule has 1 nitrogen and oxygen atoms in total. The number of fused-ring (bicyclic) bond motifs is 1. The molecule has 0 saturated heterocycles. The van der Waals surface area contributed by atoms with Crippen LogP contribution in [-0.4, -0.2) is 4.98 Å². The highest BCUT2D eigenvalue weighted by atomic mass is 14.6. The Morgan fingerprint density at radius 1 is 0.850 bits per heavy atom. The molecule has 3 rings (SSSR count). The SMILES string of the molecule is Cc1ccnc2ccc(CCCc3ccccc3)cc12. The molecule has 100 valence electrons. The lowest BCUT2D eigenvalue weighted by molar-refractivity contribution is 0.821. The number of aryl methyl sites for hydroxylation is 3. The van der Waals surface area contributed by atoms with Crippen molar-refractivity contribution < 1.29 is 0 Å². The van der Waals surface area contributed by atoms with Gasteiger partial charge in [-0.25, -0.2) is 0 Å². The molecule has 0 bridgehead atoms. The van der Waals surface area contributed by atoms with Crippen LogP contribution in [0, 0.1) is 6.92 Å². The van der Waals surface area contributed by atoms with Gasteiger partial charge in [0, 0.05) is 11.6 Å². The number of benzene rings is 2. The van der Waals surface area contributed by atoms with Crippen molar-refractivity contribution in [1.82, 2.24) is 4.98 Å². The van der Waals surface area contributed by atoms with Crippen LogP contribution in [0.4, 0.5) is 0 Å². The summed E-state index contributed by atoms with van der Waals surface area (Å²) in [5, 5.41) is 1.28. The van der Waals surface area contributed by atoms with Crippen molar-refractivity contribution in [1.29, 1.82) is 0 Å². The minimum Gasteiger partial charge on any atom is -0.256 e. The Hall–Kier alpha value is -2.15. The first-order valence-corrected chi connectivity index (χ1v) is 7.21. The van der Waals surface area contributed by atoms with Crippen molar-refractivity contribution in [3.05, 3.63) is 77.5 Å². The van der Waals surface area contributed by atoms with Crippen molar-refractivity contribution in [2.24, 2.45) is 0 Å². The highest BCUT2D eigenvalue weighted by Gasteiger charge is 2.01. The lowest BCUT2D eigenvalue weighted by Crippen LogP contribution is -1.91. The van der Waals surface area contributed by atoms with E-state index in [4.69, 9.17) is 0 Å². The van der Waals surface area contributed by atoms with Gasteiger partial charge in [0.1, 0.15) is 0 Å². The lowest BCUT2D eigenvalue weighted by Gasteiger charge is -2.06. The molecule has 20 heavy (non-hydrogen) atoms. The van der Waals surface area contributed by atoms with E-state index >= 15 is 0 Å². The number of nitrogens with zero attached hydrogens (tertiary/aromatic N) is 1. The van der Waals surface area contributed by atoms with Gasteiger partial charge in [-0.2, -0.15) is 0 Å². The quantitative estimate of drug-likeness (QED) is 0.662. The van der Waals surface area contributed by atoms with E-state index in [-0.39, 0.29) is 0 Å². The Morgan fingerprint density at radius 3 is 2.50 bits per heavy atom. The minimum atomic E-state index is 1.09. The summed E-state index contributed by atoms with van der Waals surface area (Å²) in [6, 6.07) is 19.4. The van der Waals surface area contributed by atoms with Crippen LogP contribution < -0.4 is 0 Å². The van der Waals surface area contributed by atoms with Crippen LogP contribution in [0.5, 0.6) is 0 Å². The Kier molecular flexibility index (Phi) is 3.78. The van der Waals surface area contributed by atoms with Crippen LogP contribution in [0.2, 0.25) is 0 Å². The van der Waals surface area contributed by atoms with Crippen molar-refractivity contribution in [2.75, 3.05) is 0 Å². The molecule has 1 aromatic heterocycles. The highest BCUT2D eigenvalue weighted by Crippen LogP contribution is 2.19. The van der Waals surface area contributed by atoms with E-state index in [1.807, 2.05) is 6.20 Å². The monoisotopic (exact) mass is 261 g/mol. The van der Waals surface area contributed by atoms with E-state index in [0.29, 0.717) is 0 Å². The van der Waals surface area contributed by atoms with E-state index < -0.39 is 0 Å². The van der Waals surface area contributed by atoms with Gasteiger partial charge < -0.3 is 0 Å². The van der Waals surface area contributed by atoms with E-state index in [1.165, 1.54) is 28.5 Å². The first-order valence-electron chi connectivity index (χ1n) is 7.21. The Morgan fingerprint density at radius 2 is 1.65 bits per heavy atom. The second kappa shape index (κ2) is 5.87. The molecule has 0 fully saturated rings. The van der Waals surface area contributed by atoms with Gasteiger partial charge in [0.2, 0.25) is 0 Å². The molecule has 0 saturated carbocycles. The number of hydrogen-bond acceptors (Lipinski definition) is 1. The Bertz CT molecular complexity index is 701. The van der Waals surface area contributed by atoms with E-state index in [1.54, 1.807) is 0 Å². The molecule has 0 N–H and O–H groups in total. The average Bonchev–Trinajstić information content (AvgIpc) is 2.49. The maximum Gasteiger partial charge on any atom is 0.0704 e. The summed E-state index contributed by atoms with van der Waals surface area (Å²) >= 11 is 0. The number of hydrogen-bond donors (Lipinski definition) is 0. The number of pyridine rings is 1. The molecule has 0 radical (unpaired) electrons. The third kappa shape index (κ3) is 2.88. The summed E-state index contributed by atoms with van der Waals surface area (Å²) < 4.78 is 0. The van der Waals surface area contributed by atoms with Crippen LogP contribution in [-0.2, 0) is 12.8 Å². The minimum absolute atomic E-state index is 1.09. The van der Waals surface area contributed by atoms with E-state index in [2.05, 4.69) is 66.5 Å². The van der Waals surface area contributed by atoms with Gasteiger partial charge in [0.15, 0.2) is 0 Å². The zero-order chi connectivity index (χ0) is 13.8. The zero-order valence-electron chi connectivity index (χ0n) is 11.8. The van der Waals surface area contributed by atoms with Crippen LogP contribution in [0.15, 0.2) is 60.8 Å². The molecular weight excluding hydrogens is 242 g/mol. The molecule has 2 aromatic carbocycles. The third-order valence-corrected chi connectivity index (χ3v) is 3.80. The van der Waals surface area contributed by atoms with Gasteiger partial charge in [-0.15, -0.1) is 0 Å². The van der Waals surface area contributed by atoms with Crippen LogP contribution >= 0.6 is 0 Å². The fourth-order valence-electron chi connectivity index (χ4n) is 2.63. The zero-order valence-corrected chi connectivity index (χ0v) is 11.8. The first kappa shape index (κ1) is 12.9. The molecule has 1 heteroatoms. The van der Waals surface area contributed by atoms with Gasteiger partial charge in [0.25, 0.3) is 0 Å². The van der Waals surface area contributed by atoms with Gasteiger partial charge in [-0.05, 0) is 61.1 Å². The Balaban J connectivity index is 1.70. The van der Waals surface area contributed by atoms with E-state index in [0.717, 1.165) is 18.4 Å². The third-order valence-electron chi connectivity index (χ3n) is 3.80. The summed E-state index contributed by atoms with van der Waals surface area (Å²) in [6.07, 6.45) is 5.34. The molecule has 0 aliphatic carbocycles. The second-order valence-corrected chi connectivity index (χ2v) is 5.32. The summed E-state index contributed by atoms with van der Waals surface area (Å²) in [5.41, 5.74) is 5.23. The topological polar surface area (TPSA) is 12.9 Å². The fourth-order valence-corrected chi connectivity index (χ4v) is 2.63. The molecule has 0 aliphatic rings. The summed E-state index contributed by atoms with van der Waals surface area (Å²) in [4.78, 5) is 4.41. The molecule has 1 heterocycles. The van der Waals surface area contributed by atoms with Crippen molar-refractivity contribution >= 4 is 10.9 Å². The van der Waals surface area contributed by atoms with Gasteiger partial charge in [-0.1, -0.05) is 36.4 Å². The van der Waals surface area contributed by atoms with Crippen molar-refractivity contribution in [3.63, 3.8) is 0 Å². The van der Waals surface area contributed by atoms with Gasteiger partial charge in [0.05, 0.1) is 5.52 Å². The number of aromatic nitrogens is 1. The van der Waals surface area contributed by atoms with Crippen molar-refractivity contribution in [2.45, 2.75) is 26.2 Å². The summed E-state index contributed by atoms with van der Waals surface area (Å²) in [7, 11) is 0. The second-order valence-electron chi connectivity index (χ2n) is 5.32. The van der Waals surface area contributed by atoms with Crippen LogP contribution in [0.3, 0.4) is 0 Å². The summed E-state index contributed by atoms with van der Waals surface area (Å²) in [5.74, 6) is 0. The predicted octanol–water partition coefficient (Wildman–Crippen LogP) is 4.72. The smallest absolute Gasteiger partial charge is 0.0704 e.